The van der Waals surface area contributed by atoms with Gasteiger partial charge in [0.25, 0.3) is 0 Å². The lowest BCUT2D eigenvalue weighted by molar-refractivity contribution is 0.0814. The third kappa shape index (κ3) is 3.04. The van der Waals surface area contributed by atoms with Crippen LogP contribution in [0, 0.1) is 0 Å². The first-order valence-corrected chi connectivity index (χ1v) is 6.79. The van der Waals surface area contributed by atoms with Gasteiger partial charge in [-0.3, -0.25) is 4.90 Å². The molecule has 0 radical (unpaired) electrons. The first kappa shape index (κ1) is 13.8. The van der Waals surface area contributed by atoms with E-state index >= 15 is 0 Å². The fourth-order valence-corrected chi connectivity index (χ4v) is 2.79. The number of hydrogen-bond acceptors (Lipinski definition) is 3. The molecule has 2 atom stereocenters. The number of benzene rings is 1. The van der Waals surface area contributed by atoms with E-state index in [-0.39, 0.29) is 0 Å². The summed E-state index contributed by atoms with van der Waals surface area (Å²) >= 11 is 6.28. The third-order valence-electron chi connectivity index (χ3n) is 3.68. The highest BCUT2D eigenvalue weighted by atomic mass is 35.5. The summed E-state index contributed by atoms with van der Waals surface area (Å²) in [6, 6.07) is 6.56. The van der Waals surface area contributed by atoms with Crippen LogP contribution in [-0.2, 0) is 17.8 Å². The monoisotopic (exact) mass is 268 g/mol. The topological polar surface area (TPSA) is 38.5 Å². The van der Waals surface area contributed by atoms with E-state index in [1.807, 2.05) is 12.1 Å². The van der Waals surface area contributed by atoms with Crippen molar-refractivity contribution >= 4 is 11.6 Å². The highest BCUT2D eigenvalue weighted by molar-refractivity contribution is 6.31. The third-order valence-corrected chi connectivity index (χ3v) is 4.03. The van der Waals surface area contributed by atoms with E-state index in [2.05, 4.69) is 24.9 Å². The molecule has 4 heteroatoms. The summed E-state index contributed by atoms with van der Waals surface area (Å²) in [6.07, 6.45) is 1.40. The molecule has 0 amide bonds. The van der Waals surface area contributed by atoms with Crippen molar-refractivity contribution in [3.8, 4) is 0 Å². The lowest BCUT2D eigenvalue weighted by atomic mass is 10.1. The molecule has 1 fully saturated rings. The Morgan fingerprint density at radius 3 is 2.83 bits per heavy atom. The highest BCUT2D eigenvalue weighted by Gasteiger charge is 2.27. The van der Waals surface area contributed by atoms with Gasteiger partial charge in [-0.1, -0.05) is 23.7 Å². The van der Waals surface area contributed by atoms with Gasteiger partial charge in [-0.2, -0.15) is 0 Å². The van der Waals surface area contributed by atoms with Crippen molar-refractivity contribution in [1.82, 2.24) is 4.90 Å². The van der Waals surface area contributed by atoms with Crippen LogP contribution >= 0.6 is 11.6 Å². The number of likely N-dealkylation sites (N-methyl/N-ethyl adjacent to an activating group) is 1. The van der Waals surface area contributed by atoms with Crippen molar-refractivity contribution in [2.24, 2.45) is 5.73 Å². The summed E-state index contributed by atoms with van der Waals surface area (Å²) in [7, 11) is 2.13. The molecular weight excluding hydrogens is 248 g/mol. The molecule has 0 aliphatic carbocycles. The number of nitrogens with two attached hydrogens (primary N) is 1. The Hall–Kier alpha value is -0.610. The lowest BCUT2D eigenvalue weighted by Crippen LogP contribution is -2.36. The van der Waals surface area contributed by atoms with Crippen molar-refractivity contribution in [2.75, 3.05) is 13.7 Å². The summed E-state index contributed by atoms with van der Waals surface area (Å²) in [6.45, 7) is 4.37. The maximum atomic E-state index is 6.28. The van der Waals surface area contributed by atoms with E-state index in [9.17, 15) is 0 Å². The van der Waals surface area contributed by atoms with Crippen molar-refractivity contribution in [3.63, 3.8) is 0 Å². The second-order valence-corrected chi connectivity index (χ2v) is 5.38. The average molecular weight is 269 g/mol. The van der Waals surface area contributed by atoms with E-state index < -0.39 is 0 Å². The largest absolute Gasteiger partial charge is 0.377 e. The molecule has 0 aromatic heterocycles. The minimum absolute atomic E-state index is 0.303. The Morgan fingerprint density at radius 1 is 1.50 bits per heavy atom. The van der Waals surface area contributed by atoms with Gasteiger partial charge in [-0.25, -0.2) is 0 Å². The summed E-state index contributed by atoms with van der Waals surface area (Å²) in [4.78, 5) is 2.32. The van der Waals surface area contributed by atoms with Crippen molar-refractivity contribution in [2.45, 2.75) is 38.6 Å². The predicted octanol–water partition coefficient (Wildman–Crippen LogP) is 2.41. The maximum absolute atomic E-state index is 6.28. The van der Waals surface area contributed by atoms with E-state index in [0.29, 0.717) is 18.7 Å². The van der Waals surface area contributed by atoms with Crippen molar-refractivity contribution < 1.29 is 4.74 Å². The van der Waals surface area contributed by atoms with Gasteiger partial charge >= 0.3 is 0 Å². The van der Waals surface area contributed by atoms with Gasteiger partial charge in [0.1, 0.15) is 0 Å². The molecule has 1 aliphatic rings. The molecule has 2 rings (SSSR count). The first-order valence-electron chi connectivity index (χ1n) is 6.41. The van der Waals surface area contributed by atoms with E-state index in [1.165, 1.54) is 0 Å². The minimum Gasteiger partial charge on any atom is -0.377 e. The van der Waals surface area contributed by atoms with Gasteiger partial charge in [0.15, 0.2) is 0 Å². The van der Waals surface area contributed by atoms with Crippen LogP contribution in [0.15, 0.2) is 18.2 Å². The standard InChI is InChI=1S/C14H21ClN2O/c1-10-14(5-6-18-10)17(2)9-12-4-3-11(8-16)7-13(12)15/h3-4,7,10,14H,5-6,8-9,16H2,1-2H3. The Labute approximate surface area is 114 Å². The zero-order valence-electron chi connectivity index (χ0n) is 11.0. The van der Waals surface area contributed by atoms with Gasteiger partial charge in [-0.15, -0.1) is 0 Å². The Bertz CT molecular complexity index is 411. The molecular formula is C14H21ClN2O. The van der Waals surface area contributed by atoms with Gasteiger partial charge in [-0.05, 0) is 37.6 Å². The first-order chi connectivity index (χ1) is 8.61. The molecule has 1 heterocycles. The molecule has 2 N–H and O–H groups in total. The fraction of sp³-hybridized carbons (Fsp3) is 0.571. The quantitative estimate of drug-likeness (QED) is 0.911. The van der Waals surface area contributed by atoms with Gasteiger partial charge in [0.2, 0.25) is 0 Å². The van der Waals surface area contributed by atoms with Crippen LogP contribution in [0.1, 0.15) is 24.5 Å². The predicted molar refractivity (Wildman–Crippen MR) is 74.6 cm³/mol. The van der Waals surface area contributed by atoms with E-state index in [4.69, 9.17) is 22.1 Å². The highest BCUT2D eigenvalue weighted by Crippen LogP contribution is 2.23. The molecule has 0 bridgehead atoms. The summed E-state index contributed by atoms with van der Waals surface area (Å²) < 4.78 is 5.60. The fourth-order valence-electron chi connectivity index (χ4n) is 2.53. The van der Waals surface area contributed by atoms with Crippen LogP contribution in [0.3, 0.4) is 0 Å². The molecule has 1 aromatic rings. The number of rotatable bonds is 4. The molecule has 1 aromatic carbocycles. The number of halogens is 1. The molecule has 100 valence electrons. The zero-order valence-corrected chi connectivity index (χ0v) is 11.8. The number of hydrogen-bond donors (Lipinski definition) is 1. The van der Waals surface area contributed by atoms with Crippen molar-refractivity contribution in [1.29, 1.82) is 0 Å². The molecule has 0 spiro atoms. The SMILES string of the molecule is CC1OCCC1N(C)Cc1ccc(CN)cc1Cl. The molecule has 2 unspecified atom stereocenters. The normalized spacial score (nSPS) is 23.8. The number of nitrogens with zero attached hydrogens (tertiary/aromatic N) is 1. The van der Waals surface area contributed by atoms with Crippen LogP contribution in [0.25, 0.3) is 0 Å². The van der Waals surface area contributed by atoms with Crippen LogP contribution in [-0.4, -0.2) is 30.7 Å². The second kappa shape index (κ2) is 6.02. The smallest absolute Gasteiger partial charge is 0.0703 e. The van der Waals surface area contributed by atoms with Crippen LogP contribution < -0.4 is 5.73 Å². The summed E-state index contributed by atoms with van der Waals surface area (Å²) in [5.41, 5.74) is 7.82. The van der Waals surface area contributed by atoms with Crippen LogP contribution in [0.4, 0.5) is 0 Å². The van der Waals surface area contributed by atoms with Crippen LogP contribution in [0.5, 0.6) is 0 Å². The van der Waals surface area contributed by atoms with E-state index in [0.717, 1.165) is 35.7 Å². The van der Waals surface area contributed by atoms with Gasteiger partial charge < -0.3 is 10.5 Å². The van der Waals surface area contributed by atoms with E-state index in [1.54, 1.807) is 0 Å². The second-order valence-electron chi connectivity index (χ2n) is 4.98. The zero-order chi connectivity index (χ0) is 13.1. The Morgan fingerprint density at radius 2 is 2.28 bits per heavy atom. The van der Waals surface area contributed by atoms with Gasteiger partial charge in [0, 0.05) is 30.8 Å². The molecule has 0 saturated carbocycles. The maximum Gasteiger partial charge on any atom is 0.0703 e. The van der Waals surface area contributed by atoms with Gasteiger partial charge in [0.05, 0.1) is 6.10 Å². The summed E-state index contributed by atoms with van der Waals surface area (Å²) in [5.74, 6) is 0. The average Bonchev–Trinajstić information content (AvgIpc) is 2.78. The Kier molecular flexibility index (Phi) is 4.62. The molecule has 18 heavy (non-hydrogen) atoms. The van der Waals surface area contributed by atoms with Crippen LogP contribution in [0.2, 0.25) is 5.02 Å². The summed E-state index contributed by atoms with van der Waals surface area (Å²) in [5, 5.41) is 0.802. The minimum atomic E-state index is 0.303. The van der Waals surface area contributed by atoms with Crippen molar-refractivity contribution in [3.05, 3.63) is 34.3 Å². The Balaban J connectivity index is 2.04. The lowest BCUT2D eigenvalue weighted by Gasteiger charge is -2.27. The number of ether oxygens (including phenoxy) is 1. The molecule has 3 nitrogen and oxygen atoms in total. The molecule has 1 aliphatic heterocycles. The molecule has 1 saturated heterocycles.